The second-order valence-corrected chi connectivity index (χ2v) is 11.3. The summed E-state index contributed by atoms with van der Waals surface area (Å²) in [5.41, 5.74) is 1.39. The molecule has 2 saturated carbocycles. The van der Waals surface area contributed by atoms with E-state index >= 15 is 0 Å². The summed E-state index contributed by atoms with van der Waals surface area (Å²) in [6, 6.07) is 10.5. The molecule has 0 atom stereocenters. The first-order chi connectivity index (χ1) is 17.8. The van der Waals surface area contributed by atoms with E-state index in [0.717, 1.165) is 56.1 Å². The highest BCUT2D eigenvalue weighted by Crippen LogP contribution is 2.41. The maximum Gasteiger partial charge on any atom is 0.386 e. The monoisotopic (exact) mass is 518 g/mol. The summed E-state index contributed by atoms with van der Waals surface area (Å²) in [6.07, 6.45) is 8.33. The van der Waals surface area contributed by atoms with Gasteiger partial charge in [0, 0.05) is 0 Å². The fraction of sp³-hybridized carbons (Fsp3) is 0.625. The second-order valence-electron chi connectivity index (χ2n) is 11.3. The average molecular weight is 519 g/mol. The lowest BCUT2D eigenvalue weighted by Gasteiger charge is -2.29. The molecule has 0 saturated heterocycles. The van der Waals surface area contributed by atoms with Gasteiger partial charge in [-0.05, 0) is 104 Å². The summed E-state index contributed by atoms with van der Waals surface area (Å²) >= 11 is 0. The van der Waals surface area contributed by atoms with Crippen LogP contribution in [-0.2, 0) is 17.3 Å². The Morgan fingerprint density at radius 1 is 0.757 bits per heavy atom. The van der Waals surface area contributed by atoms with E-state index in [1.54, 1.807) is 0 Å². The minimum Gasteiger partial charge on any atom is -0.316 e. The molecule has 2 fully saturated rings. The van der Waals surface area contributed by atoms with Crippen LogP contribution in [0.3, 0.4) is 0 Å². The first kappa shape index (κ1) is 28.1. The number of alkyl halides is 2. The highest BCUT2D eigenvalue weighted by atomic mass is 19.3. The standard InChI is InChI=1S/C32H42F4O/c1-3-5-23-10-16-27(17-11-23)28-18-19-29(31(34)30(28)33)32(35,36)37-21-20-24-8-14-26(15-9-24)25-12-6-22(4-2)7-13-25/h8-9,14-15,18-19,22-23,25,27H,3-7,10-13,16-17,20-21H2,1-2H3/t22-,23-,25-,27-. The first-order valence-corrected chi connectivity index (χ1v) is 14.4. The molecule has 0 aliphatic heterocycles. The molecule has 0 N–H and O–H groups in total. The molecular formula is C32H42F4O. The van der Waals surface area contributed by atoms with Gasteiger partial charge in [0.2, 0.25) is 0 Å². The molecule has 4 rings (SSSR count). The Morgan fingerprint density at radius 3 is 2.00 bits per heavy atom. The molecule has 0 amide bonds. The summed E-state index contributed by atoms with van der Waals surface area (Å²) in [6.45, 7) is 4.13. The number of halogens is 4. The van der Waals surface area contributed by atoms with E-state index in [9.17, 15) is 17.6 Å². The van der Waals surface area contributed by atoms with E-state index in [1.807, 2.05) is 12.1 Å². The summed E-state index contributed by atoms with van der Waals surface area (Å²) in [4.78, 5) is 0. The van der Waals surface area contributed by atoms with Crippen molar-refractivity contribution in [1.82, 2.24) is 0 Å². The van der Waals surface area contributed by atoms with Crippen molar-refractivity contribution in [3.8, 4) is 0 Å². The van der Waals surface area contributed by atoms with Gasteiger partial charge in [-0.2, -0.15) is 8.78 Å². The predicted molar refractivity (Wildman–Crippen MR) is 141 cm³/mol. The van der Waals surface area contributed by atoms with Crippen LogP contribution in [0.4, 0.5) is 17.6 Å². The number of hydrogen-bond acceptors (Lipinski definition) is 1. The molecular weight excluding hydrogens is 476 g/mol. The molecule has 0 unspecified atom stereocenters. The van der Waals surface area contributed by atoms with Gasteiger partial charge in [0.05, 0.1) is 12.2 Å². The molecule has 0 aromatic heterocycles. The van der Waals surface area contributed by atoms with Crippen LogP contribution in [0.15, 0.2) is 36.4 Å². The smallest absolute Gasteiger partial charge is 0.316 e. The molecule has 2 aromatic carbocycles. The lowest BCUT2D eigenvalue weighted by molar-refractivity contribution is -0.249. The third kappa shape index (κ3) is 6.96. The van der Waals surface area contributed by atoms with E-state index in [4.69, 9.17) is 4.74 Å². The summed E-state index contributed by atoms with van der Waals surface area (Å²) in [7, 11) is 0. The minimum absolute atomic E-state index is 0.115. The second kappa shape index (κ2) is 12.8. The molecule has 0 radical (unpaired) electrons. The van der Waals surface area contributed by atoms with Gasteiger partial charge in [-0.25, -0.2) is 8.78 Å². The van der Waals surface area contributed by atoms with Crippen molar-refractivity contribution in [3.05, 3.63) is 70.3 Å². The van der Waals surface area contributed by atoms with Gasteiger partial charge in [-0.15, -0.1) is 0 Å². The van der Waals surface area contributed by atoms with Gasteiger partial charge in [0.1, 0.15) is 0 Å². The molecule has 204 valence electrons. The third-order valence-electron chi connectivity index (χ3n) is 8.96. The topological polar surface area (TPSA) is 9.23 Å². The zero-order chi connectivity index (χ0) is 26.4. The van der Waals surface area contributed by atoms with Crippen molar-refractivity contribution >= 4 is 0 Å². The molecule has 5 heteroatoms. The minimum atomic E-state index is -3.89. The van der Waals surface area contributed by atoms with Crippen LogP contribution < -0.4 is 0 Å². The van der Waals surface area contributed by atoms with Crippen LogP contribution in [0.2, 0.25) is 0 Å². The summed E-state index contributed by atoms with van der Waals surface area (Å²) in [5.74, 6) is -0.707. The van der Waals surface area contributed by atoms with E-state index < -0.39 is 23.3 Å². The van der Waals surface area contributed by atoms with Crippen LogP contribution in [0.25, 0.3) is 0 Å². The molecule has 37 heavy (non-hydrogen) atoms. The van der Waals surface area contributed by atoms with Crippen molar-refractivity contribution in [2.75, 3.05) is 6.61 Å². The molecule has 0 spiro atoms. The fourth-order valence-electron chi connectivity index (χ4n) is 6.51. The van der Waals surface area contributed by atoms with Crippen molar-refractivity contribution in [2.45, 2.75) is 109 Å². The normalized spacial score (nSPS) is 24.8. The molecule has 2 aromatic rings. The summed E-state index contributed by atoms with van der Waals surface area (Å²) < 4.78 is 64.0. The molecule has 2 aliphatic rings. The maximum absolute atomic E-state index is 14.9. The fourth-order valence-corrected chi connectivity index (χ4v) is 6.51. The predicted octanol–water partition coefficient (Wildman–Crippen LogP) is 10.0. The van der Waals surface area contributed by atoms with Gasteiger partial charge >= 0.3 is 6.11 Å². The molecule has 0 heterocycles. The lowest BCUT2D eigenvalue weighted by Crippen LogP contribution is -2.23. The Kier molecular flexibility index (Phi) is 9.72. The van der Waals surface area contributed by atoms with Crippen LogP contribution in [0, 0.1) is 23.5 Å². The highest BCUT2D eigenvalue weighted by Gasteiger charge is 2.38. The van der Waals surface area contributed by atoms with E-state index in [1.165, 1.54) is 43.7 Å². The Bertz CT molecular complexity index is 987. The van der Waals surface area contributed by atoms with Gasteiger partial charge in [-0.3, -0.25) is 0 Å². The largest absolute Gasteiger partial charge is 0.386 e. The van der Waals surface area contributed by atoms with Gasteiger partial charge in [0.25, 0.3) is 0 Å². The third-order valence-corrected chi connectivity index (χ3v) is 8.96. The zero-order valence-electron chi connectivity index (χ0n) is 22.4. The zero-order valence-corrected chi connectivity index (χ0v) is 22.4. The Hall–Kier alpha value is -1.88. The van der Waals surface area contributed by atoms with Crippen LogP contribution >= 0.6 is 0 Å². The van der Waals surface area contributed by atoms with Crippen molar-refractivity contribution in [2.24, 2.45) is 11.8 Å². The van der Waals surface area contributed by atoms with Crippen LogP contribution in [0.1, 0.15) is 119 Å². The number of benzene rings is 2. The number of ether oxygens (including phenoxy) is 1. The number of rotatable bonds is 10. The number of hydrogen-bond donors (Lipinski definition) is 0. The highest BCUT2D eigenvalue weighted by molar-refractivity contribution is 5.31. The quantitative estimate of drug-likeness (QED) is 0.284. The van der Waals surface area contributed by atoms with Crippen molar-refractivity contribution < 1.29 is 22.3 Å². The van der Waals surface area contributed by atoms with Gasteiger partial charge < -0.3 is 4.74 Å². The lowest BCUT2D eigenvalue weighted by atomic mass is 9.77. The Labute approximate surface area is 220 Å². The van der Waals surface area contributed by atoms with E-state index in [2.05, 4.69) is 26.0 Å². The molecule has 1 nitrogen and oxygen atoms in total. The molecule has 2 aliphatic carbocycles. The van der Waals surface area contributed by atoms with Crippen LogP contribution in [0.5, 0.6) is 0 Å². The summed E-state index contributed by atoms with van der Waals surface area (Å²) in [5, 5.41) is 0. The van der Waals surface area contributed by atoms with Gasteiger partial charge in [-0.1, -0.05) is 63.4 Å². The van der Waals surface area contributed by atoms with Crippen molar-refractivity contribution in [1.29, 1.82) is 0 Å². The van der Waals surface area contributed by atoms with Gasteiger partial charge in [0.15, 0.2) is 11.6 Å². The first-order valence-electron chi connectivity index (χ1n) is 14.4. The maximum atomic E-state index is 14.9. The Balaban J connectivity index is 1.31. The van der Waals surface area contributed by atoms with E-state index in [-0.39, 0.29) is 24.5 Å². The SMILES string of the molecule is CCC[C@H]1CC[C@H](c2ccc(C(F)(F)OCCc3ccc([C@H]4CC[C@H](CC)CC4)cc3)c(F)c2F)CC1. The average Bonchev–Trinajstić information content (AvgIpc) is 2.91. The Morgan fingerprint density at radius 2 is 1.38 bits per heavy atom. The molecule has 0 bridgehead atoms. The van der Waals surface area contributed by atoms with Crippen molar-refractivity contribution in [3.63, 3.8) is 0 Å². The van der Waals surface area contributed by atoms with Crippen LogP contribution in [-0.4, -0.2) is 6.61 Å². The van der Waals surface area contributed by atoms with E-state index in [0.29, 0.717) is 11.8 Å².